The van der Waals surface area contributed by atoms with Crippen LogP contribution in [0, 0.1) is 25.6 Å². The number of aromatic amines is 1. The van der Waals surface area contributed by atoms with Crippen LogP contribution in [0.15, 0.2) is 47.3 Å². The summed E-state index contributed by atoms with van der Waals surface area (Å²) in [5.41, 5.74) is 4.01. The Labute approximate surface area is 219 Å². The van der Waals surface area contributed by atoms with E-state index in [1.807, 2.05) is 32.0 Å². The minimum Gasteiger partial charge on any atom is -0.466 e. The minimum atomic E-state index is -0.540. The van der Waals surface area contributed by atoms with Crippen LogP contribution in [-0.2, 0) is 16.1 Å². The van der Waals surface area contributed by atoms with E-state index in [1.165, 1.54) is 12.1 Å². The molecule has 1 N–H and O–H groups in total. The van der Waals surface area contributed by atoms with Crippen LogP contribution in [0.3, 0.4) is 0 Å². The molecule has 0 amide bonds. The molecule has 4 aromatic rings. The van der Waals surface area contributed by atoms with Gasteiger partial charge in [-0.15, -0.1) is 5.10 Å². The molecule has 1 saturated heterocycles. The van der Waals surface area contributed by atoms with Crippen molar-refractivity contribution in [1.82, 2.24) is 30.1 Å². The number of carbonyl (C=O) groups excluding carboxylic acids is 1. The van der Waals surface area contributed by atoms with Gasteiger partial charge in [-0.2, -0.15) is 0 Å². The van der Waals surface area contributed by atoms with Crippen molar-refractivity contribution in [3.05, 3.63) is 86.7 Å². The number of tetrazole rings is 1. The van der Waals surface area contributed by atoms with Crippen molar-refractivity contribution in [3.8, 4) is 0 Å². The summed E-state index contributed by atoms with van der Waals surface area (Å²) in [6.07, 6.45) is 1.22. The third-order valence-electron chi connectivity index (χ3n) is 7.33. The van der Waals surface area contributed by atoms with Crippen LogP contribution in [0.5, 0.6) is 0 Å². The van der Waals surface area contributed by atoms with Gasteiger partial charge in [-0.05, 0) is 78.9 Å². The second-order valence-electron chi connectivity index (χ2n) is 9.83. The van der Waals surface area contributed by atoms with Gasteiger partial charge in [0.2, 0.25) is 0 Å². The van der Waals surface area contributed by atoms with Gasteiger partial charge in [-0.25, -0.2) is 9.07 Å². The molecule has 1 fully saturated rings. The number of rotatable bonds is 7. The Morgan fingerprint density at radius 3 is 2.55 bits per heavy atom. The van der Waals surface area contributed by atoms with Gasteiger partial charge in [0.1, 0.15) is 11.9 Å². The number of hydrogen-bond donors (Lipinski definition) is 1. The molecule has 38 heavy (non-hydrogen) atoms. The highest BCUT2D eigenvalue weighted by molar-refractivity contribution is 5.85. The van der Waals surface area contributed by atoms with Crippen LogP contribution in [0.25, 0.3) is 10.9 Å². The molecular formula is C28H31FN6O3. The fourth-order valence-corrected chi connectivity index (χ4v) is 5.23. The lowest BCUT2D eigenvalue weighted by Gasteiger charge is -2.36. The molecule has 9 nitrogen and oxygen atoms in total. The molecule has 5 rings (SSSR count). The van der Waals surface area contributed by atoms with E-state index >= 15 is 0 Å². The average molecular weight is 519 g/mol. The predicted octanol–water partition coefficient (Wildman–Crippen LogP) is 3.68. The van der Waals surface area contributed by atoms with E-state index in [2.05, 4.69) is 25.4 Å². The molecule has 1 aliphatic heterocycles. The smallest absolute Gasteiger partial charge is 0.309 e. The van der Waals surface area contributed by atoms with Crippen LogP contribution >= 0.6 is 0 Å². The van der Waals surface area contributed by atoms with E-state index in [1.54, 1.807) is 23.7 Å². The van der Waals surface area contributed by atoms with Crippen molar-refractivity contribution in [2.24, 2.45) is 5.92 Å². The molecule has 0 spiro atoms. The molecule has 0 radical (unpaired) electrons. The van der Waals surface area contributed by atoms with E-state index in [-0.39, 0.29) is 23.3 Å². The number of nitrogens with zero attached hydrogens (tertiary/aromatic N) is 5. The number of likely N-dealkylation sites (tertiary alicyclic amines) is 1. The first-order valence-electron chi connectivity index (χ1n) is 12.9. The van der Waals surface area contributed by atoms with Gasteiger partial charge in [0, 0.05) is 24.0 Å². The molecule has 10 heteroatoms. The second kappa shape index (κ2) is 10.8. The number of ether oxygens (including phenoxy) is 1. The van der Waals surface area contributed by atoms with Crippen LogP contribution < -0.4 is 5.56 Å². The highest BCUT2D eigenvalue weighted by Gasteiger charge is 2.35. The molecule has 0 unspecified atom stereocenters. The molecular weight excluding hydrogens is 487 g/mol. The quantitative estimate of drug-likeness (QED) is 0.372. The summed E-state index contributed by atoms with van der Waals surface area (Å²) < 4.78 is 20.4. The fraction of sp³-hybridized carbons (Fsp3) is 0.393. The largest absolute Gasteiger partial charge is 0.466 e. The Balaban J connectivity index is 1.57. The van der Waals surface area contributed by atoms with Gasteiger partial charge in [0.15, 0.2) is 5.82 Å². The third-order valence-corrected chi connectivity index (χ3v) is 7.33. The van der Waals surface area contributed by atoms with Gasteiger partial charge < -0.3 is 9.72 Å². The first-order valence-corrected chi connectivity index (χ1v) is 12.9. The Morgan fingerprint density at radius 2 is 1.84 bits per heavy atom. The van der Waals surface area contributed by atoms with Gasteiger partial charge in [-0.3, -0.25) is 14.5 Å². The highest BCUT2D eigenvalue weighted by atomic mass is 19.1. The summed E-state index contributed by atoms with van der Waals surface area (Å²) in [6.45, 7) is 7.61. The van der Waals surface area contributed by atoms with Crippen molar-refractivity contribution in [3.63, 3.8) is 0 Å². The molecule has 2 aromatic heterocycles. The van der Waals surface area contributed by atoms with E-state index in [0.29, 0.717) is 50.5 Å². The molecule has 2 aromatic carbocycles. The summed E-state index contributed by atoms with van der Waals surface area (Å²) in [4.78, 5) is 31.2. The number of aromatic nitrogens is 5. The van der Waals surface area contributed by atoms with E-state index in [9.17, 15) is 14.0 Å². The van der Waals surface area contributed by atoms with Crippen molar-refractivity contribution >= 4 is 16.9 Å². The number of benzene rings is 2. The summed E-state index contributed by atoms with van der Waals surface area (Å²) in [5.74, 6) is -0.165. The summed E-state index contributed by atoms with van der Waals surface area (Å²) in [7, 11) is 0. The number of pyridine rings is 1. The fourth-order valence-electron chi connectivity index (χ4n) is 5.23. The maximum absolute atomic E-state index is 13.6. The van der Waals surface area contributed by atoms with Crippen LogP contribution in [0.4, 0.5) is 4.39 Å². The van der Waals surface area contributed by atoms with Crippen molar-refractivity contribution in [2.75, 3.05) is 19.7 Å². The van der Waals surface area contributed by atoms with Crippen molar-refractivity contribution < 1.29 is 13.9 Å². The van der Waals surface area contributed by atoms with Crippen molar-refractivity contribution in [1.29, 1.82) is 0 Å². The highest BCUT2D eigenvalue weighted by Crippen LogP contribution is 2.32. The summed E-state index contributed by atoms with van der Waals surface area (Å²) >= 11 is 0. The number of nitrogens with one attached hydrogen (secondary N) is 1. The summed E-state index contributed by atoms with van der Waals surface area (Å²) in [6, 6.07) is 11.6. The number of fused-ring (bicyclic) bond motifs is 1. The van der Waals surface area contributed by atoms with Crippen LogP contribution in [0.2, 0.25) is 0 Å². The Morgan fingerprint density at radius 1 is 1.13 bits per heavy atom. The maximum Gasteiger partial charge on any atom is 0.309 e. The normalized spacial score (nSPS) is 15.6. The number of hydrogen-bond acceptors (Lipinski definition) is 7. The molecule has 198 valence electrons. The molecule has 1 aliphatic rings. The Bertz CT molecular complexity index is 1510. The van der Waals surface area contributed by atoms with Gasteiger partial charge in [0.05, 0.1) is 24.6 Å². The third kappa shape index (κ3) is 5.08. The molecule has 1 atom stereocenters. The zero-order valence-electron chi connectivity index (χ0n) is 21.8. The molecule has 0 bridgehead atoms. The molecule has 0 saturated carbocycles. The van der Waals surface area contributed by atoms with Gasteiger partial charge >= 0.3 is 5.97 Å². The molecule has 0 aliphatic carbocycles. The lowest BCUT2D eigenvalue weighted by molar-refractivity contribution is -0.149. The van der Waals surface area contributed by atoms with Crippen LogP contribution in [0.1, 0.15) is 53.9 Å². The predicted molar refractivity (Wildman–Crippen MR) is 140 cm³/mol. The zero-order chi connectivity index (χ0) is 26.8. The number of aryl methyl sites for hydroxylation is 2. The average Bonchev–Trinajstić information content (AvgIpc) is 3.36. The lowest BCUT2D eigenvalue weighted by Crippen LogP contribution is -2.42. The minimum absolute atomic E-state index is 0.179. The van der Waals surface area contributed by atoms with Crippen LogP contribution in [-0.4, -0.2) is 55.8 Å². The maximum atomic E-state index is 13.6. The van der Waals surface area contributed by atoms with Crippen molar-refractivity contribution in [2.45, 2.75) is 46.2 Å². The first kappa shape index (κ1) is 25.7. The standard InChI is InChI=1S/C28H31FN6O3/c1-4-38-28(37)20-11-13-34(14-12-20)25(23-15-22-17(2)5-6-18(3)24(22)30-27(23)36)26-31-32-33-35(26)16-19-7-9-21(29)10-8-19/h5-10,15,20,25H,4,11-14,16H2,1-3H3,(H,30,36)/t25-/m1/s1. The first-order chi connectivity index (χ1) is 18.4. The number of carbonyl (C=O) groups is 1. The zero-order valence-corrected chi connectivity index (χ0v) is 21.8. The SMILES string of the molecule is CCOC(=O)C1CCN([C@H](c2cc3c(C)ccc(C)c3[nH]c2=O)c2nnnn2Cc2ccc(F)cc2)CC1. The summed E-state index contributed by atoms with van der Waals surface area (Å²) in [5, 5.41) is 13.5. The number of piperidine rings is 1. The van der Waals surface area contributed by atoms with Gasteiger partial charge in [-0.1, -0.05) is 24.3 Å². The number of H-pyrrole nitrogens is 1. The van der Waals surface area contributed by atoms with E-state index in [4.69, 9.17) is 4.74 Å². The molecule has 3 heterocycles. The Kier molecular flexibility index (Phi) is 7.33. The number of esters is 1. The number of halogens is 1. The van der Waals surface area contributed by atoms with E-state index in [0.717, 1.165) is 27.6 Å². The van der Waals surface area contributed by atoms with E-state index < -0.39 is 6.04 Å². The topological polar surface area (TPSA) is 106 Å². The lowest BCUT2D eigenvalue weighted by atomic mass is 9.93. The van der Waals surface area contributed by atoms with Gasteiger partial charge in [0.25, 0.3) is 5.56 Å². The second-order valence-corrected chi connectivity index (χ2v) is 9.83. The monoisotopic (exact) mass is 518 g/mol. The Hall–Kier alpha value is -3.92.